The number of thiazole rings is 1. The van der Waals surface area contributed by atoms with E-state index in [1.54, 1.807) is 19.3 Å². The smallest absolute Gasteiger partial charge is 0.253 e. The number of anilines is 1. The summed E-state index contributed by atoms with van der Waals surface area (Å²) < 4.78 is 0. The number of hydrogen-bond acceptors (Lipinski definition) is 5. The van der Waals surface area contributed by atoms with Crippen LogP contribution in [0, 0.1) is 0 Å². The molecule has 0 unspecified atom stereocenters. The van der Waals surface area contributed by atoms with Crippen LogP contribution in [0.2, 0.25) is 5.02 Å². The Balaban J connectivity index is 2.18. The predicted molar refractivity (Wildman–Crippen MR) is 81.4 cm³/mol. The van der Waals surface area contributed by atoms with Gasteiger partial charge >= 0.3 is 0 Å². The molecule has 0 radical (unpaired) electrons. The Morgan fingerprint density at radius 1 is 1.40 bits per heavy atom. The molecule has 5 nitrogen and oxygen atoms in total. The summed E-state index contributed by atoms with van der Waals surface area (Å²) in [5.41, 5.74) is -0.127. The molecule has 0 saturated carbocycles. The van der Waals surface area contributed by atoms with Crippen LogP contribution in [0.15, 0.2) is 23.8 Å². The maximum Gasteiger partial charge on any atom is 0.253 e. The molecule has 0 aliphatic rings. The van der Waals surface area contributed by atoms with Crippen molar-refractivity contribution >= 4 is 34.7 Å². The van der Waals surface area contributed by atoms with Crippen molar-refractivity contribution in [3.05, 3.63) is 39.4 Å². The fourth-order valence-electron chi connectivity index (χ4n) is 1.69. The van der Waals surface area contributed by atoms with Gasteiger partial charge in [0, 0.05) is 24.8 Å². The summed E-state index contributed by atoms with van der Waals surface area (Å²) in [6, 6.07) is 1.59. The molecular formula is C13H15ClN4OS. The molecule has 2 rings (SSSR count). The van der Waals surface area contributed by atoms with Gasteiger partial charge in [-0.2, -0.15) is 0 Å². The largest absolute Gasteiger partial charge is 0.372 e. The van der Waals surface area contributed by atoms with Crippen molar-refractivity contribution in [3.63, 3.8) is 0 Å². The van der Waals surface area contributed by atoms with Gasteiger partial charge in [-0.15, -0.1) is 11.3 Å². The standard InChI is InChI=1S/C13H15ClN4OS/c1-13(2,12-16-4-5-20-12)18-11(19)8-6-9(14)10(15-3)17-7-8/h4-7H,1-3H3,(H,15,17)(H,18,19). The summed E-state index contributed by atoms with van der Waals surface area (Å²) in [6.07, 6.45) is 3.21. The molecule has 0 fully saturated rings. The van der Waals surface area contributed by atoms with Gasteiger partial charge in [0.25, 0.3) is 5.91 Å². The maximum absolute atomic E-state index is 12.3. The van der Waals surface area contributed by atoms with Gasteiger partial charge in [-0.25, -0.2) is 9.97 Å². The Morgan fingerprint density at radius 3 is 2.70 bits per heavy atom. The second-order valence-electron chi connectivity index (χ2n) is 4.72. The second-order valence-corrected chi connectivity index (χ2v) is 6.02. The molecule has 7 heteroatoms. The lowest BCUT2D eigenvalue weighted by atomic mass is 10.1. The van der Waals surface area contributed by atoms with Crippen LogP contribution in [0.1, 0.15) is 29.2 Å². The van der Waals surface area contributed by atoms with E-state index in [1.165, 1.54) is 17.5 Å². The lowest BCUT2D eigenvalue weighted by Gasteiger charge is -2.23. The fraction of sp³-hybridized carbons (Fsp3) is 0.308. The van der Waals surface area contributed by atoms with Crippen molar-refractivity contribution in [2.45, 2.75) is 19.4 Å². The highest BCUT2D eigenvalue weighted by Crippen LogP contribution is 2.24. The minimum Gasteiger partial charge on any atom is -0.372 e. The average molecular weight is 311 g/mol. The van der Waals surface area contributed by atoms with Gasteiger partial charge in [0.2, 0.25) is 0 Å². The first kappa shape index (κ1) is 14.7. The molecule has 0 spiro atoms. The van der Waals surface area contributed by atoms with E-state index in [-0.39, 0.29) is 5.91 Å². The molecule has 20 heavy (non-hydrogen) atoms. The monoisotopic (exact) mass is 310 g/mol. The normalized spacial score (nSPS) is 11.2. The van der Waals surface area contributed by atoms with E-state index < -0.39 is 5.54 Å². The maximum atomic E-state index is 12.3. The highest BCUT2D eigenvalue weighted by molar-refractivity contribution is 7.09. The molecule has 2 aromatic heterocycles. The quantitative estimate of drug-likeness (QED) is 0.911. The van der Waals surface area contributed by atoms with E-state index >= 15 is 0 Å². The van der Waals surface area contributed by atoms with Crippen molar-refractivity contribution in [2.24, 2.45) is 0 Å². The first-order valence-electron chi connectivity index (χ1n) is 6.00. The first-order valence-corrected chi connectivity index (χ1v) is 7.25. The number of nitrogens with zero attached hydrogens (tertiary/aromatic N) is 2. The SMILES string of the molecule is CNc1ncc(C(=O)NC(C)(C)c2nccs2)cc1Cl. The molecule has 0 aliphatic heterocycles. The van der Waals surface area contributed by atoms with Gasteiger partial charge in [0.05, 0.1) is 16.1 Å². The van der Waals surface area contributed by atoms with Gasteiger partial charge in [0.1, 0.15) is 10.8 Å². The summed E-state index contributed by atoms with van der Waals surface area (Å²) in [5.74, 6) is 0.310. The fourth-order valence-corrected chi connectivity index (χ4v) is 2.67. The van der Waals surface area contributed by atoms with E-state index in [4.69, 9.17) is 11.6 Å². The number of nitrogens with one attached hydrogen (secondary N) is 2. The van der Waals surface area contributed by atoms with E-state index in [0.717, 1.165) is 5.01 Å². The minimum atomic E-state index is -0.542. The molecule has 0 aromatic carbocycles. The van der Waals surface area contributed by atoms with Crippen molar-refractivity contribution in [1.82, 2.24) is 15.3 Å². The van der Waals surface area contributed by atoms with Crippen LogP contribution in [-0.2, 0) is 5.54 Å². The second kappa shape index (κ2) is 5.76. The summed E-state index contributed by atoms with van der Waals surface area (Å²) in [4.78, 5) is 20.6. The molecule has 0 saturated heterocycles. The Bertz CT molecular complexity index is 613. The van der Waals surface area contributed by atoms with Crippen LogP contribution in [0.4, 0.5) is 5.82 Å². The third-order valence-electron chi connectivity index (χ3n) is 2.73. The van der Waals surface area contributed by atoms with E-state index in [1.807, 2.05) is 19.2 Å². The number of halogens is 1. The highest BCUT2D eigenvalue weighted by Gasteiger charge is 2.26. The molecule has 2 N–H and O–H groups in total. The van der Waals surface area contributed by atoms with E-state index in [0.29, 0.717) is 16.4 Å². The molecule has 2 heterocycles. The molecular weight excluding hydrogens is 296 g/mol. The van der Waals surface area contributed by atoms with Gasteiger partial charge in [-0.1, -0.05) is 11.6 Å². The molecule has 0 bridgehead atoms. The van der Waals surface area contributed by atoms with Crippen molar-refractivity contribution in [1.29, 1.82) is 0 Å². The minimum absolute atomic E-state index is 0.234. The third kappa shape index (κ3) is 3.08. The van der Waals surface area contributed by atoms with Crippen LogP contribution in [0.3, 0.4) is 0 Å². The van der Waals surface area contributed by atoms with Crippen LogP contribution in [0.25, 0.3) is 0 Å². The van der Waals surface area contributed by atoms with Gasteiger partial charge in [0.15, 0.2) is 0 Å². The molecule has 2 aromatic rings. The van der Waals surface area contributed by atoms with E-state index in [2.05, 4.69) is 20.6 Å². The lowest BCUT2D eigenvalue weighted by molar-refractivity contribution is 0.0911. The van der Waals surface area contributed by atoms with Crippen LogP contribution in [0.5, 0.6) is 0 Å². The summed E-state index contributed by atoms with van der Waals surface area (Å²) in [6.45, 7) is 3.81. The van der Waals surface area contributed by atoms with Crippen molar-refractivity contribution < 1.29 is 4.79 Å². The van der Waals surface area contributed by atoms with Gasteiger partial charge < -0.3 is 10.6 Å². The number of carbonyl (C=O) groups is 1. The zero-order valence-electron chi connectivity index (χ0n) is 11.4. The summed E-state index contributed by atoms with van der Waals surface area (Å²) in [7, 11) is 1.72. The van der Waals surface area contributed by atoms with Crippen molar-refractivity contribution in [3.8, 4) is 0 Å². The predicted octanol–water partition coefficient (Wildman–Crippen LogP) is 2.90. The van der Waals surface area contributed by atoms with E-state index in [9.17, 15) is 4.79 Å². The Kier molecular flexibility index (Phi) is 4.25. The summed E-state index contributed by atoms with van der Waals surface area (Å²) in [5, 5.41) is 8.91. The number of aromatic nitrogens is 2. The Labute approximate surface area is 126 Å². The molecule has 0 aliphatic carbocycles. The zero-order valence-corrected chi connectivity index (χ0v) is 13.0. The van der Waals surface area contributed by atoms with Gasteiger partial charge in [-0.3, -0.25) is 4.79 Å². The average Bonchev–Trinajstić information content (AvgIpc) is 2.92. The highest BCUT2D eigenvalue weighted by atomic mass is 35.5. The molecule has 106 valence electrons. The van der Waals surface area contributed by atoms with Crippen LogP contribution < -0.4 is 10.6 Å². The number of hydrogen-bond donors (Lipinski definition) is 2. The number of rotatable bonds is 4. The first-order chi connectivity index (χ1) is 9.44. The van der Waals surface area contributed by atoms with Gasteiger partial charge in [-0.05, 0) is 19.9 Å². The summed E-state index contributed by atoms with van der Waals surface area (Å²) >= 11 is 7.53. The number of amides is 1. The van der Waals surface area contributed by atoms with Crippen molar-refractivity contribution in [2.75, 3.05) is 12.4 Å². The van der Waals surface area contributed by atoms with Crippen LogP contribution in [-0.4, -0.2) is 22.9 Å². The topological polar surface area (TPSA) is 66.9 Å². The Morgan fingerprint density at radius 2 is 2.15 bits per heavy atom. The molecule has 0 atom stereocenters. The zero-order chi connectivity index (χ0) is 14.8. The lowest BCUT2D eigenvalue weighted by Crippen LogP contribution is -2.41. The molecule has 1 amide bonds. The van der Waals surface area contributed by atoms with Crippen LogP contribution >= 0.6 is 22.9 Å². The number of pyridine rings is 1. The Hall–Kier alpha value is -1.66. The third-order valence-corrected chi connectivity index (χ3v) is 4.12. The number of carbonyl (C=O) groups excluding carboxylic acids is 1.